The molecule has 1 fully saturated rings. The van der Waals surface area contributed by atoms with E-state index in [1.807, 2.05) is 53.4 Å². The first kappa shape index (κ1) is 22.6. The highest BCUT2D eigenvalue weighted by Crippen LogP contribution is 2.24. The van der Waals surface area contributed by atoms with E-state index in [4.69, 9.17) is 9.26 Å². The van der Waals surface area contributed by atoms with Crippen molar-refractivity contribution in [2.45, 2.75) is 32.2 Å². The molecule has 33 heavy (non-hydrogen) atoms. The summed E-state index contributed by atoms with van der Waals surface area (Å²) in [5.41, 5.74) is 1.87. The van der Waals surface area contributed by atoms with E-state index in [-0.39, 0.29) is 11.6 Å². The van der Waals surface area contributed by atoms with E-state index in [2.05, 4.69) is 17.4 Å². The summed E-state index contributed by atoms with van der Waals surface area (Å²) in [6, 6.07) is 17.9. The minimum absolute atomic E-state index is 0.0596. The Morgan fingerprint density at radius 2 is 1.88 bits per heavy atom. The summed E-state index contributed by atoms with van der Waals surface area (Å²) < 4.78 is 10.6. The maximum atomic E-state index is 13.3. The molecule has 3 aromatic rings. The van der Waals surface area contributed by atoms with Crippen LogP contribution in [0, 0.1) is 5.92 Å². The smallest absolute Gasteiger partial charge is 0.274 e. The van der Waals surface area contributed by atoms with Gasteiger partial charge in [0.15, 0.2) is 11.5 Å². The van der Waals surface area contributed by atoms with Crippen LogP contribution >= 0.6 is 0 Å². The monoisotopic (exact) mass is 447 g/mol. The topological polar surface area (TPSA) is 84.7 Å². The second-order valence-electron chi connectivity index (χ2n) is 8.53. The van der Waals surface area contributed by atoms with Gasteiger partial charge in [-0.25, -0.2) is 0 Å². The van der Waals surface area contributed by atoms with Crippen LogP contribution in [0.4, 0.5) is 0 Å². The number of rotatable bonds is 7. The highest BCUT2D eigenvalue weighted by Gasteiger charge is 2.29. The van der Waals surface area contributed by atoms with E-state index >= 15 is 0 Å². The Hall–Kier alpha value is -3.61. The summed E-state index contributed by atoms with van der Waals surface area (Å²) in [4.78, 5) is 28.2. The molecule has 0 spiro atoms. The first-order valence-corrected chi connectivity index (χ1v) is 11.3. The van der Waals surface area contributed by atoms with E-state index in [0.29, 0.717) is 36.9 Å². The minimum atomic E-state index is -0.676. The van der Waals surface area contributed by atoms with Crippen molar-refractivity contribution in [2.24, 2.45) is 5.92 Å². The number of benzene rings is 2. The lowest BCUT2D eigenvalue weighted by Crippen LogP contribution is -2.51. The molecular weight excluding hydrogens is 418 g/mol. The van der Waals surface area contributed by atoms with Gasteiger partial charge in [-0.2, -0.15) is 0 Å². The van der Waals surface area contributed by atoms with Crippen molar-refractivity contribution in [3.63, 3.8) is 0 Å². The molecule has 1 aromatic heterocycles. The second kappa shape index (κ2) is 10.3. The summed E-state index contributed by atoms with van der Waals surface area (Å²) in [5, 5.41) is 6.84. The van der Waals surface area contributed by atoms with Crippen LogP contribution in [0.25, 0.3) is 11.3 Å². The van der Waals surface area contributed by atoms with Crippen molar-refractivity contribution in [1.29, 1.82) is 0 Å². The van der Waals surface area contributed by atoms with Gasteiger partial charge in [0.25, 0.3) is 5.91 Å². The first-order chi connectivity index (χ1) is 16.0. The number of carbonyl (C=O) groups excluding carboxylic acids is 2. The van der Waals surface area contributed by atoms with Gasteiger partial charge in [0, 0.05) is 31.1 Å². The first-order valence-electron chi connectivity index (χ1n) is 11.3. The predicted octanol–water partition coefficient (Wildman–Crippen LogP) is 3.95. The third-order valence-corrected chi connectivity index (χ3v) is 6.08. The van der Waals surface area contributed by atoms with Crippen LogP contribution in [0.2, 0.25) is 0 Å². The summed E-state index contributed by atoms with van der Waals surface area (Å²) >= 11 is 0. The molecule has 0 bridgehead atoms. The number of nitrogens with zero attached hydrogens (tertiary/aromatic N) is 2. The van der Waals surface area contributed by atoms with Crippen LogP contribution in [0.15, 0.2) is 65.2 Å². The summed E-state index contributed by atoms with van der Waals surface area (Å²) in [6.45, 7) is 3.63. The fraction of sp³-hybridized carbons (Fsp3) is 0.346. The van der Waals surface area contributed by atoms with Gasteiger partial charge in [-0.1, -0.05) is 54.5 Å². The largest absolute Gasteiger partial charge is 0.497 e. The SMILES string of the molecule is COc1cccc(-c2cc(C(=O)N[C@H](Cc3ccccc3)C(=O)N3CCC(C)CC3)no2)c1. The molecule has 7 nitrogen and oxygen atoms in total. The number of methoxy groups -OCH3 is 1. The molecule has 4 rings (SSSR count). The van der Waals surface area contributed by atoms with Crippen LogP contribution in [0.3, 0.4) is 0 Å². The fourth-order valence-electron chi connectivity index (χ4n) is 4.03. The average molecular weight is 448 g/mol. The number of nitrogens with one attached hydrogen (secondary N) is 1. The lowest BCUT2D eigenvalue weighted by atomic mass is 9.97. The maximum Gasteiger partial charge on any atom is 0.274 e. The highest BCUT2D eigenvalue weighted by molar-refractivity contribution is 5.96. The minimum Gasteiger partial charge on any atom is -0.497 e. The molecule has 0 unspecified atom stereocenters. The normalized spacial score (nSPS) is 15.2. The van der Waals surface area contributed by atoms with Gasteiger partial charge >= 0.3 is 0 Å². The quantitative estimate of drug-likeness (QED) is 0.593. The zero-order chi connectivity index (χ0) is 23.2. The standard InChI is InChI=1S/C26H29N3O4/c1-18-11-13-29(14-12-18)26(31)23(15-19-7-4-3-5-8-19)27-25(30)22-17-24(33-28-22)20-9-6-10-21(16-20)32-2/h3-10,16-18,23H,11-15H2,1-2H3,(H,27,30)/t23-/m1/s1. The summed E-state index contributed by atoms with van der Waals surface area (Å²) in [5.74, 6) is 1.25. The third-order valence-electron chi connectivity index (χ3n) is 6.08. The van der Waals surface area contributed by atoms with E-state index in [1.54, 1.807) is 19.2 Å². The van der Waals surface area contributed by atoms with Gasteiger partial charge in [-0.05, 0) is 36.5 Å². The van der Waals surface area contributed by atoms with Crippen molar-refractivity contribution in [3.8, 4) is 17.1 Å². The van der Waals surface area contributed by atoms with Gasteiger partial charge in [0.2, 0.25) is 5.91 Å². The predicted molar refractivity (Wildman–Crippen MR) is 125 cm³/mol. The molecule has 2 amide bonds. The van der Waals surface area contributed by atoms with Crippen LogP contribution in [-0.2, 0) is 11.2 Å². The molecule has 1 aliphatic heterocycles. The van der Waals surface area contributed by atoms with E-state index in [0.717, 1.165) is 24.0 Å². The maximum absolute atomic E-state index is 13.3. The van der Waals surface area contributed by atoms with Gasteiger partial charge in [-0.3, -0.25) is 9.59 Å². The van der Waals surface area contributed by atoms with Crippen LogP contribution in [0.1, 0.15) is 35.8 Å². The van der Waals surface area contributed by atoms with Gasteiger partial charge in [0.05, 0.1) is 7.11 Å². The summed E-state index contributed by atoms with van der Waals surface area (Å²) in [6.07, 6.45) is 2.37. The van der Waals surface area contributed by atoms with Gasteiger partial charge in [-0.15, -0.1) is 0 Å². The fourth-order valence-corrected chi connectivity index (χ4v) is 4.03. The molecule has 0 radical (unpaired) electrons. The number of piperidine rings is 1. The number of carbonyl (C=O) groups is 2. The average Bonchev–Trinajstić information content (AvgIpc) is 3.35. The third kappa shape index (κ3) is 5.61. The van der Waals surface area contributed by atoms with Crippen molar-refractivity contribution in [2.75, 3.05) is 20.2 Å². The number of amides is 2. The zero-order valence-corrected chi connectivity index (χ0v) is 19.0. The molecule has 2 heterocycles. The van der Waals surface area contributed by atoms with Crippen LogP contribution in [0.5, 0.6) is 5.75 Å². The van der Waals surface area contributed by atoms with Crippen molar-refractivity contribution < 1.29 is 18.8 Å². The Morgan fingerprint density at radius 1 is 1.12 bits per heavy atom. The lowest BCUT2D eigenvalue weighted by Gasteiger charge is -2.33. The van der Waals surface area contributed by atoms with Crippen molar-refractivity contribution in [1.82, 2.24) is 15.4 Å². The summed E-state index contributed by atoms with van der Waals surface area (Å²) in [7, 11) is 1.59. The van der Waals surface area contributed by atoms with Crippen molar-refractivity contribution >= 4 is 11.8 Å². The Kier molecular flexibility index (Phi) is 7.07. The zero-order valence-electron chi connectivity index (χ0n) is 19.0. The highest BCUT2D eigenvalue weighted by atomic mass is 16.5. The van der Waals surface area contributed by atoms with Crippen molar-refractivity contribution in [3.05, 3.63) is 71.9 Å². The van der Waals surface area contributed by atoms with Crippen LogP contribution < -0.4 is 10.1 Å². The van der Waals surface area contributed by atoms with E-state index in [1.165, 1.54) is 0 Å². The Bertz CT molecular complexity index is 1090. The molecule has 0 saturated carbocycles. The molecule has 1 saturated heterocycles. The molecule has 1 N–H and O–H groups in total. The van der Waals surface area contributed by atoms with Gasteiger partial charge < -0.3 is 19.5 Å². The van der Waals surface area contributed by atoms with Gasteiger partial charge in [0.1, 0.15) is 11.8 Å². The molecule has 1 aliphatic rings. The molecule has 2 aromatic carbocycles. The Balaban J connectivity index is 1.51. The van der Waals surface area contributed by atoms with Crippen LogP contribution in [-0.4, -0.2) is 48.1 Å². The van der Waals surface area contributed by atoms with E-state index in [9.17, 15) is 9.59 Å². The molecule has 1 atom stereocenters. The second-order valence-corrected chi connectivity index (χ2v) is 8.53. The molecule has 7 heteroatoms. The molecule has 172 valence electrons. The number of hydrogen-bond donors (Lipinski definition) is 1. The lowest BCUT2D eigenvalue weighted by molar-refractivity contribution is -0.134. The van der Waals surface area contributed by atoms with E-state index < -0.39 is 11.9 Å². The number of hydrogen-bond acceptors (Lipinski definition) is 5. The molecule has 0 aliphatic carbocycles. The number of likely N-dealkylation sites (tertiary alicyclic amines) is 1. The number of aromatic nitrogens is 1. The molecular formula is C26H29N3O4. The Labute approximate surface area is 193 Å². The number of ether oxygens (including phenoxy) is 1. The Morgan fingerprint density at radius 3 is 2.61 bits per heavy atom.